The van der Waals surface area contributed by atoms with Crippen LogP contribution in [-0.2, 0) is 22.4 Å². The predicted molar refractivity (Wildman–Crippen MR) is 106 cm³/mol. The summed E-state index contributed by atoms with van der Waals surface area (Å²) < 4.78 is 139. The molecule has 200 valence electrons. The lowest BCUT2D eigenvalue weighted by atomic mass is 9.96. The SMILES string of the molecule is O=C(NCC1CCN(CCS(=O)(=O)NCC(F)(F)F)CC1)c1cc(C(F)(F)F)cc(C(F)(F)F)c1. The summed E-state index contributed by atoms with van der Waals surface area (Å²) >= 11 is 0. The van der Waals surface area contributed by atoms with Crippen LogP contribution in [0.4, 0.5) is 39.5 Å². The second-order valence-corrected chi connectivity index (χ2v) is 9.97. The van der Waals surface area contributed by atoms with Crippen molar-refractivity contribution in [1.29, 1.82) is 0 Å². The summed E-state index contributed by atoms with van der Waals surface area (Å²) in [5, 5.41) is 2.32. The topological polar surface area (TPSA) is 78.5 Å². The lowest BCUT2D eigenvalue weighted by Crippen LogP contribution is -2.42. The highest BCUT2D eigenvalue weighted by atomic mass is 32.2. The summed E-state index contributed by atoms with van der Waals surface area (Å²) in [6.07, 6.45) is -14.0. The quantitative estimate of drug-likeness (QED) is 0.491. The molecular weight excluding hydrogens is 521 g/mol. The van der Waals surface area contributed by atoms with Crippen molar-refractivity contribution >= 4 is 15.9 Å². The average molecular weight is 543 g/mol. The van der Waals surface area contributed by atoms with Crippen LogP contribution in [-0.4, -0.2) is 63.9 Å². The number of nitrogens with one attached hydrogen (secondary N) is 2. The van der Waals surface area contributed by atoms with Crippen LogP contribution in [0, 0.1) is 5.92 Å². The Hall–Kier alpha value is -2.07. The molecule has 0 atom stereocenters. The molecule has 1 saturated heterocycles. The van der Waals surface area contributed by atoms with Crippen LogP contribution in [0.25, 0.3) is 0 Å². The summed E-state index contributed by atoms with van der Waals surface area (Å²) in [5.74, 6) is -1.84. The van der Waals surface area contributed by atoms with Gasteiger partial charge in [-0.25, -0.2) is 13.1 Å². The largest absolute Gasteiger partial charge is 0.416 e. The molecule has 35 heavy (non-hydrogen) atoms. The predicted octanol–water partition coefficient (Wildman–Crippen LogP) is 3.65. The van der Waals surface area contributed by atoms with E-state index < -0.39 is 63.4 Å². The molecule has 1 fully saturated rings. The summed E-state index contributed by atoms with van der Waals surface area (Å²) in [6, 6.07) is 0.590. The van der Waals surface area contributed by atoms with Crippen LogP contribution in [0.3, 0.4) is 0 Å². The Morgan fingerprint density at radius 3 is 1.89 bits per heavy atom. The number of alkyl halides is 9. The molecule has 0 radical (unpaired) electrons. The molecule has 0 spiro atoms. The molecule has 1 aliphatic rings. The number of hydrogen-bond donors (Lipinski definition) is 2. The summed E-state index contributed by atoms with van der Waals surface area (Å²) in [6.45, 7) is -1.05. The zero-order chi connectivity index (χ0) is 26.7. The van der Waals surface area contributed by atoms with E-state index >= 15 is 0 Å². The molecule has 1 amide bonds. The Labute approximate surface area is 194 Å². The zero-order valence-electron chi connectivity index (χ0n) is 17.9. The maximum atomic E-state index is 12.9. The molecule has 16 heteroatoms. The smallest absolute Gasteiger partial charge is 0.352 e. The number of nitrogens with zero attached hydrogens (tertiary/aromatic N) is 1. The molecule has 0 aliphatic carbocycles. The fourth-order valence-electron chi connectivity index (χ4n) is 3.35. The number of likely N-dealkylation sites (tertiary alicyclic amines) is 1. The van der Waals surface area contributed by atoms with Gasteiger partial charge < -0.3 is 10.2 Å². The van der Waals surface area contributed by atoms with E-state index in [2.05, 4.69) is 5.32 Å². The van der Waals surface area contributed by atoms with E-state index in [-0.39, 0.29) is 25.1 Å². The second kappa shape index (κ2) is 10.9. The van der Waals surface area contributed by atoms with Gasteiger partial charge in [0.1, 0.15) is 6.54 Å². The molecule has 2 rings (SSSR count). The van der Waals surface area contributed by atoms with Crippen molar-refractivity contribution in [3.8, 4) is 0 Å². The van der Waals surface area contributed by atoms with Gasteiger partial charge >= 0.3 is 18.5 Å². The first-order chi connectivity index (χ1) is 15.9. The molecule has 1 aromatic rings. The molecule has 6 nitrogen and oxygen atoms in total. The van der Waals surface area contributed by atoms with E-state index in [9.17, 15) is 52.7 Å². The zero-order valence-corrected chi connectivity index (χ0v) is 18.8. The van der Waals surface area contributed by atoms with Crippen molar-refractivity contribution in [3.05, 3.63) is 34.9 Å². The number of carbonyl (C=O) groups is 1. The summed E-state index contributed by atoms with van der Waals surface area (Å²) in [5.41, 5.74) is -4.00. The van der Waals surface area contributed by atoms with Gasteiger partial charge in [0.25, 0.3) is 5.91 Å². The number of amides is 1. The second-order valence-electron chi connectivity index (χ2n) is 8.04. The lowest BCUT2D eigenvalue weighted by molar-refractivity contribution is -0.143. The van der Waals surface area contributed by atoms with Gasteiger partial charge in [-0.3, -0.25) is 4.79 Å². The van der Waals surface area contributed by atoms with E-state index in [0.29, 0.717) is 38.1 Å². The fraction of sp³-hybridized carbons (Fsp3) is 0.632. The average Bonchev–Trinajstić information content (AvgIpc) is 2.73. The van der Waals surface area contributed by atoms with Gasteiger partial charge in [-0.2, -0.15) is 39.5 Å². The number of benzene rings is 1. The third kappa shape index (κ3) is 9.83. The third-order valence-corrected chi connectivity index (χ3v) is 6.58. The van der Waals surface area contributed by atoms with Crippen LogP contribution in [0.5, 0.6) is 0 Å². The Morgan fingerprint density at radius 1 is 0.914 bits per heavy atom. The van der Waals surface area contributed by atoms with E-state index in [4.69, 9.17) is 0 Å². The molecular formula is C19H22F9N3O3S. The first kappa shape index (κ1) is 29.2. The Balaban J connectivity index is 1.87. The van der Waals surface area contributed by atoms with E-state index in [1.807, 2.05) is 0 Å². The molecule has 0 aromatic heterocycles. The van der Waals surface area contributed by atoms with Crippen LogP contribution >= 0.6 is 0 Å². The van der Waals surface area contributed by atoms with Crippen molar-refractivity contribution in [2.75, 3.05) is 38.5 Å². The normalized spacial score (nSPS) is 16.9. The maximum absolute atomic E-state index is 12.9. The van der Waals surface area contributed by atoms with Gasteiger partial charge in [0.15, 0.2) is 0 Å². The minimum atomic E-state index is -5.08. The molecule has 1 aliphatic heterocycles. The number of rotatable bonds is 8. The van der Waals surface area contributed by atoms with Gasteiger partial charge in [0.2, 0.25) is 10.0 Å². The number of hydrogen-bond acceptors (Lipinski definition) is 4. The first-order valence-electron chi connectivity index (χ1n) is 10.2. The van der Waals surface area contributed by atoms with Gasteiger partial charge in [0, 0.05) is 18.7 Å². The highest BCUT2D eigenvalue weighted by Gasteiger charge is 2.37. The minimum absolute atomic E-state index is 0.0310. The van der Waals surface area contributed by atoms with Crippen LogP contribution in [0.1, 0.15) is 34.3 Å². The molecule has 2 N–H and O–H groups in total. The third-order valence-electron chi connectivity index (χ3n) is 5.28. The van der Waals surface area contributed by atoms with Gasteiger partial charge in [-0.05, 0) is 50.0 Å². The number of halogens is 9. The fourth-order valence-corrected chi connectivity index (χ4v) is 4.38. The molecule has 1 heterocycles. The maximum Gasteiger partial charge on any atom is 0.416 e. The van der Waals surface area contributed by atoms with E-state index in [1.165, 1.54) is 4.72 Å². The Bertz CT molecular complexity index is 952. The van der Waals surface area contributed by atoms with Crippen LogP contribution in [0.2, 0.25) is 0 Å². The molecule has 1 aromatic carbocycles. The lowest BCUT2D eigenvalue weighted by Gasteiger charge is -2.31. The van der Waals surface area contributed by atoms with E-state index in [0.717, 1.165) is 0 Å². The Kier molecular flexibility index (Phi) is 9.08. The monoisotopic (exact) mass is 543 g/mol. The number of sulfonamides is 1. The highest BCUT2D eigenvalue weighted by molar-refractivity contribution is 7.89. The van der Waals surface area contributed by atoms with Crippen molar-refractivity contribution in [2.24, 2.45) is 5.92 Å². The minimum Gasteiger partial charge on any atom is -0.352 e. The molecule has 0 unspecified atom stereocenters. The first-order valence-corrected chi connectivity index (χ1v) is 11.8. The van der Waals surface area contributed by atoms with Gasteiger partial charge in [-0.15, -0.1) is 0 Å². The Morgan fingerprint density at radius 2 is 1.43 bits per heavy atom. The highest BCUT2D eigenvalue weighted by Crippen LogP contribution is 2.36. The van der Waals surface area contributed by atoms with Crippen LogP contribution < -0.4 is 10.0 Å². The van der Waals surface area contributed by atoms with E-state index in [1.54, 1.807) is 4.90 Å². The number of piperidine rings is 1. The summed E-state index contributed by atoms with van der Waals surface area (Å²) in [4.78, 5) is 13.9. The number of carbonyl (C=O) groups excluding carboxylic acids is 1. The van der Waals surface area contributed by atoms with Crippen molar-refractivity contribution in [3.63, 3.8) is 0 Å². The summed E-state index contributed by atoms with van der Waals surface area (Å²) in [7, 11) is -4.14. The molecule has 0 saturated carbocycles. The van der Waals surface area contributed by atoms with Gasteiger partial charge in [-0.1, -0.05) is 0 Å². The standard InChI is InChI=1S/C19H22F9N3O3S/c20-17(21,22)11-30-35(33,34)6-5-31-3-1-12(2-4-31)10-29-16(32)13-7-14(18(23,24)25)9-15(8-13)19(26,27)28/h7-9,12,30H,1-6,10-11H2,(H,29,32). The van der Waals surface area contributed by atoms with Crippen molar-refractivity contribution < 1.29 is 52.7 Å². The van der Waals surface area contributed by atoms with Crippen molar-refractivity contribution in [2.45, 2.75) is 31.4 Å². The van der Waals surface area contributed by atoms with Gasteiger partial charge in [0.05, 0.1) is 16.9 Å². The molecule has 0 bridgehead atoms. The van der Waals surface area contributed by atoms with Crippen LogP contribution in [0.15, 0.2) is 18.2 Å². The van der Waals surface area contributed by atoms with Crippen molar-refractivity contribution in [1.82, 2.24) is 14.9 Å².